The predicted octanol–water partition coefficient (Wildman–Crippen LogP) is 2.94. The molecule has 2 nitrogen and oxygen atoms in total. The third-order valence-corrected chi connectivity index (χ3v) is 4.11. The lowest BCUT2D eigenvalue weighted by Gasteiger charge is -2.14. The average Bonchev–Trinajstić information content (AvgIpc) is 2.80. The molecule has 0 radical (unpaired) electrons. The van der Waals surface area contributed by atoms with Crippen molar-refractivity contribution in [2.75, 3.05) is 11.9 Å². The summed E-state index contributed by atoms with van der Waals surface area (Å²) in [7, 11) is 0. The molecule has 0 heterocycles. The van der Waals surface area contributed by atoms with Crippen LogP contribution in [0.3, 0.4) is 0 Å². The number of hydrogen-bond acceptors (Lipinski definition) is 1. The lowest BCUT2D eigenvalue weighted by Crippen LogP contribution is -2.34. The molecule has 1 aromatic rings. The lowest BCUT2D eigenvalue weighted by atomic mass is 10.0. The summed E-state index contributed by atoms with van der Waals surface area (Å²) in [5.74, 6) is 0.892. The van der Waals surface area contributed by atoms with Gasteiger partial charge in [0.1, 0.15) is 0 Å². The van der Waals surface area contributed by atoms with Gasteiger partial charge in [-0.15, -0.1) is 0 Å². The Morgan fingerprint density at radius 3 is 2.56 bits per heavy atom. The lowest BCUT2D eigenvalue weighted by molar-refractivity contribution is -0.124. The van der Waals surface area contributed by atoms with E-state index in [4.69, 9.17) is 0 Å². The molecule has 1 atom stereocenters. The van der Waals surface area contributed by atoms with Crippen LogP contribution < -0.4 is 5.32 Å². The van der Waals surface area contributed by atoms with Gasteiger partial charge in [-0.05, 0) is 36.3 Å². The van der Waals surface area contributed by atoms with Gasteiger partial charge in [0.2, 0.25) is 5.91 Å². The Morgan fingerprint density at radius 2 is 2.00 bits per heavy atom. The zero-order chi connectivity index (χ0) is 13.0. The van der Waals surface area contributed by atoms with Crippen LogP contribution in [0.25, 0.3) is 0 Å². The second-order valence-electron chi connectivity index (χ2n) is 5.20. The van der Waals surface area contributed by atoms with Crippen molar-refractivity contribution in [3.8, 4) is 0 Å². The molecule has 0 saturated heterocycles. The molecule has 0 aromatic heterocycles. The van der Waals surface area contributed by atoms with Gasteiger partial charge in [0.05, 0.1) is 0 Å². The first kappa shape index (κ1) is 13.6. The number of amides is 1. The van der Waals surface area contributed by atoms with E-state index >= 15 is 0 Å². The Labute approximate surface area is 117 Å². The second kappa shape index (κ2) is 6.37. The number of benzene rings is 1. The number of carbonyl (C=O) groups excluding carboxylic acids is 1. The van der Waals surface area contributed by atoms with Crippen LogP contribution in [-0.2, 0) is 17.6 Å². The Bertz CT molecular complexity index is 394. The summed E-state index contributed by atoms with van der Waals surface area (Å²) in [4.78, 5) is 12.1. The molecule has 18 heavy (non-hydrogen) atoms. The summed E-state index contributed by atoms with van der Waals surface area (Å²) in [6, 6.07) is 8.38. The van der Waals surface area contributed by atoms with E-state index < -0.39 is 0 Å². The predicted molar refractivity (Wildman–Crippen MR) is 77.9 cm³/mol. The number of fused-ring (bicyclic) bond motifs is 1. The number of nitrogens with one attached hydrogen (secondary N) is 1. The summed E-state index contributed by atoms with van der Waals surface area (Å²) in [5.41, 5.74) is 2.68. The van der Waals surface area contributed by atoms with Gasteiger partial charge in [-0.2, -0.15) is 0 Å². The molecule has 1 N–H and O–H groups in total. The molecule has 0 fully saturated rings. The molecule has 1 aliphatic carbocycles. The average molecular weight is 310 g/mol. The maximum Gasteiger partial charge on any atom is 0.223 e. The zero-order valence-corrected chi connectivity index (χ0v) is 12.4. The van der Waals surface area contributed by atoms with Gasteiger partial charge in [-0.25, -0.2) is 0 Å². The molecule has 0 spiro atoms. The van der Waals surface area contributed by atoms with Crippen molar-refractivity contribution in [3.63, 3.8) is 0 Å². The minimum atomic E-state index is 0.138. The van der Waals surface area contributed by atoms with Crippen LogP contribution >= 0.6 is 15.9 Å². The van der Waals surface area contributed by atoms with E-state index in [9.17, 15) is 4.79 Å². The van der Waals surface area contributed by atoms with E-state index in [0.717, 1.165) is 31.1 Å². The fourth-order valence-electron chi connectivity index (χ4n) is 2.45. The van der Waals surface area contributed by atoms with Crippen LogP contribution in [-0.4, -0.2) is 17.8 Å². The summed E-state index contributed by atoms with van der Waals surface area (Å²) in [6.07, 6.45) is 2.90. The Morgan fingerprint density at radius 1 is 1.39 bits per heavy atom. The molecule has 0 saturated carbocycles. The van der Waals surface area contributed by atoms with Crippen LogP contribution in [0.5, 0.6) is 0 Å². The maximum absolute atomic E-state index is 12.1. The normalized spacial score (nSPS) is 16.3. The van der Waals surface area contributed by atoms with Crippen LogP contribution in [0.4, 0.5) is 0 Å². The topological polar surface area (TPSA) is 29.1 Å². The van der Waals surface area contributed by atoms with Crippen molar-refractivity contribution >= 4 is 21.8 Å². The summed E-state index contributed by atoms with van der Waals surface area (Å²) >= 11 is 3.43. The molecule has 0 aliphatic heterocycles. The molecule has 3 heteroatoms. The maximum atomic E-state index is 12.1. The Kier molecular flexibility index (Phi) is 4.81. The quantitative estimate of drug-likeness (QED) is 0.833. The molecule has 1 aliphatic rings. The van der Waals surface area contributed by atoms with Gasteiger partial charge in [0, 0.05) is 17.8 Å². The van der Waals surface area contributed by atoms with E-state index in [2.05, 4.69) is 52.4 Å². The summed E-state index contributed by atoms with van der Waals surface area (Å²) in [5, 5.41) is 4.08. The molecule has 1 aromatic carbocycles. The molecule has 2 rings (SSSR count). The monoisotopic (exact) mass is 309 g/mol. The van der Waals surface area contributed by atoms with Gasteiger partial charge in [-0.1, -0.05) is 47.1 Å². The number of rotatable bonds is 5. The van der Waals surface area contributed by atoms with E-state index in [1.54, 1.807) is 0 Å². The minimum absolute atomic E-state index is 0.138. The van der Waals surface area contributed by atoms with E-state index in [-0.39, 0.29) is 11.8 Å². The van der Waals surface area contributed by atoms with E-state index in [1.165, 1.54) is 11.1 Å². The zero-order valence-electron chi connectivity index (χ0n) is 10.8. The van der Waals surface area contributed by atoms with Crippen molar-refractivity contribution in [2.24, 2.45) is 11.8 Å². The highest BCUT2D eigenvalue weighted by molar-refractivity contribution is 9.09. The molecule has 0 bridgehead atoms. The smallest absolute Gasteiger partial charge is 0.223 e. The molecule has 98 valence electrons. The standard InChI is InChI=1S/C15H20BrNO/c1-11(6-7-16)10-17-15(18)14-8-12-4-2-3-5-13(12)9-14/h2-5,11,14H,6-10H2,1H3,(H,17,18). The fraction of sp³-hybridized carbons (Fsp3) is 0.533. The number of halogens is 1. The van der Waals surface area contributed by atoms with Crippen molar-refractivity contribution in [3.05, 3.63) is 35.4 Å². The van der Waals surface area contributed by atoms with Gasteiger partial charge < -0.3 is 5.32 Å². The van der Waals surface area contributed by atoms with Gasteiger partial charge in [-0.3, -0.25) is 4.79 Å². The van der Waals surface area contributed by atoms with Crippen LogP contribution in [0, 0.1) is 11.8 Å². The Balaban J connectivity index is 1.82. The summed E-state index contributed by atoms with van der Waals surface area (Å²) < 4.78 is 0. The highest BCUT2D eigenvalue weighted by atomic mass is 79.9. The highest BCUT2D eigenvalue weighted by Gasteiger charge is 2.26. The summed E-state index contributed by atoms with van der Waals surface area (Å²) in [6.45, 7) is 2.96. The number of hydrogen-bond donors (Lipinski definition) is 1. The van der Waals surface area contributed by atoms with E-state index in [1.807, 2.05) is 0 Å². The third kappa shape index (κ3) is 3.35. The first-order chi connectivity index (χ1) is 8.70. The number of carbonyl (C=O) groups is 1. The van der Waals surface area contributed by atoms with Crippen LogP contribution in [0.15, 0.2) is 24.3 Å². The minimum Gasteiger partial charge on any atom is -0.356 e. The first-order valence-electron chi connectivity index (χ1n) is 6.61. The fourth-order valence-corrected chi connectivity index (χ4v) is 3.23. The van der Waals surface area contributed by atoms with Crippen molar-refractivity contribution in [2.45, 2.75) is 26.2 Å². The van der Waals surface area contributed by atoms with Crippen LogP contribution in [0.1, 0.15) is 24.5 Å². The van der Waals surface area contributed by atoms with Crippen molar-refractivity contribution in [1.82, 2.24) is 5.32 Å². The van der Waals surface area contributed by atoms with Gasteiger partial charge >= 0.3 is 0 Å². The molecular weight excluding hydrogens is 290 g/mol. The van der Waals surface area contributed by atoms with Crippen molar-refractivity contribution < 1.29 is 4.79 Å². The molecule has 1 amide bonds. The van der Waals surface area contributed by atoms with Crippen LogP contribution in [0.2, 0.25) is 0 Å². The number of alkyl halides is 1. The largest absolute Gasteiger partial charge is 0.356 e. The van der Waals surface area contributed by atoms with Gasteiger partial charge in [0.15, 0.2) is 0 Å². The van der Waals surface area contributed by atoms with Crippen molar-refractivity contribution in [1.29, 1.82) is 0 Å². The third-order valence-electron chi connectivity index (χ3n) is 3.65. The second-order valence-corrected chi connectivity index (χ2v) is 5.99. The first-order valence-corrected chi connectivity index (χ1v) is 7.73. The Hall–Kier alpha value is -0.830. The SMILES string of the molecule is CC(CCBr)CNC(=O)C1Cc2ccccc2C1. The van der Waals surface area contributed by atoms with Gasteiger partial charge in [0.25, 0.3) is 0 Å². The van der Waals surface area contributed by atoms with E-state index in [0.29, 0.717) is 5.92 Å². The molecular formula is C15H20BrNO. The highest BCUT2D eigenvalue weighted by Crippen LogP contribution is 2.26. The molecule has 1 unspecified atom stereocenters.